The number of nitrogens with two attached hydrogens (primary N) is 1. The van der Waals surface area contributed by atoms with Crippen LogP contribution in [0.1, 0.15) is 5.56 Å². The zero-order chi connectivity index (χ0) is 14.6. The number of nitrogens with zero attached hydrogens (tertiary/aromatic N) is 3. The number of ether oxygens (including phenoxy) is 1. The van der Waals surface area contributed by atoms with Gasteiger partial charge in [0.05, 0.1) is 19.5 Å². The van der Waals surface area contributed by atoms with Crippen molar-refractivity contribution in [2.75, 3.05) is 12.8 Å². The maximum absolute atomic E-state index is 12.0. The van der Waals surface area contributed by atoms with Crippen molar-refractivity contribution in [2.24, 2.45) is 0 Å². The molecule has 0 radical (unpaired) electrons. The molecule has 3 N–H and O–H groups in total. The SMILES string of the molecule is COc1ccc(CNS(=O)(=O)c2cnc(N)nc2)cn1. The van der Waals surface area contributed by atoms with Crippen LogP contribution in [0.5, 0.6) is 5.88 Å². The molecule has 0 aliphatic rings. The highest BCUT2D eigenvalue weighted by Gasteiger charge is 2.14. The molecule has 0 unspecified atom stereocenters. The minimum atomic E-state index is -3.68. The predicted octanol–water partition coefficient (Wildman–Crippen LogP) is -0.0591. The molecule has 0 atom stereocenters. The van der Waals surface area contributed by atoms with E-state index in [1.165, 1.54) is 13.3 Å². The molecular formula is C11H13N5O3S. The van der Waals surface area contributed by atoms with E-state index in [4.69, 9.17) is 10.5 Å². The first-order valence-electron chi connectivity index (χ1n) is 5.57. The van der Waals surface area contributed by atoms with Gasteiger partial charge in [0, 0.05) is 18.8 Å². The van der Waals surface area contributed by atoms with E-state index in [1.807, 2.05) is 0 Å². The highest BCUT2D eigenvalue weighted by molar-refractivity contribution is 7.89. The molecule has 0 bridgehead atoms. The highest BCUT2D eigenvalue weighted by atomic mass is 32.2. The summed E-state index contributed by atoms with van der Waals surface area (Å²) in [5.41, 5.74) is 6.00. The van der Waals surface area contributed by atoms with Crippen LogP contribution in [0.4, 0.5) is 5.95 Å². The van der Waals surface area contributed by atoms with Gasteiger partial charge in [-0.2, -0.15) is 0 Å². The van der Waals surface area contributed by atoms with E-state index >= 15 is 0 Å². The van der Waals surface area contributed by atoms with Gasteiger partial charge in [-0.05, 0) is 5.56 Å². The van der Waals surface area contributed by atoms with Crippen molar-refractivity contribution >= 4 is 16.0 Å². The van der Waals surface area contributed by atoms with Crippen LogP contribution in [0.2, 0.25) is 0 Å². The van der Waals surface area contributed by atoms with Gasteiger partial charge in [0.15, 0.2) is 0 Å². The number of rotatable bonds is 5. The maximum Gasteiger partial charge on any atom is 0.243 e. The molecule has 0 fully saturated rings. The van der Waals surface area contributed by atoms with Crippen molar-refractivity contribution in [1.29, 1.82) is 0 Å². The summed E-state index contributed by atoms with van der Waals surface area (Å²) in [5.74, 6) is 0.479. The molecular weight excluding hydrogens is 282 g/mol. The van der Waals surface area contributed by atoms with Gasteiger partial charge in [0.25, 0.3) is 0 Å². The van der Waals surface area contributed by atoms with E-state index in [-0.39, 0.29) is 17.4 Å². The number of nitrogen functional groups attached to an aromatic ring is 1. The Morgan fingerprint density at radius 2 is 1.90 bits per heavy atom. The molecule has 9 heteroatoms. The highest BCUT2D eigenvalue weighted by Crippen LogP contribution is 2.09. The number of methoxy groups -OCH3 is 1. The largest absolute Gasteiger partial charge is 0.481 e. The average Bonchev–Trinajstić information content (AvgIpc) is 2.46. The van der Waals surface area contributed by atoms with E-state index in [0.29, 0.717) is 11.4 Å². The second-order valence-electron chi connectivity index (χ2n) is 3.81. The average molecular weight is 295 g/mol. The molecule has 2 aromatic heterocycles. The molecule has 0 spiro atoms. The first kappa shape index (κ1) is 14.2. The summed E-state index contributed by atoms with van der Waals surface area (Å²) in [5, 5.41) is 0. The Kier molecular flexibility index (Phi) is 4.11. The van der Waals surface area contributed by atoms with E-state index in [1.54, 1.807) is 12.1 Å². The summed E-state index contributed by atoms with van der Waals surface area (Å²) < 4.78 is 31.3. The fraction of sp³-hybridized carbons (Fsp3) is 0.182. The number of hydrogen-bond acceptors (Lipinski definition) is 7. The number of aromatic nitrogens is 3. The van der Waals surface area contributed by atoms with E-state index in [0.717, 1.165) is 12.4 Å². The molecule has 20 heavy (non-hydrogen) atoms. The predicted molar refractivity (Wildman–Crippen MR) is 71.3 cm³/mol. The molecule has 106 valence electrons. The Balaban J connectivity index is 2.06. The van der Waals surface area contributed by atoms with Crippen LogP contribution >= 0.6 is 0 Å². The van der Waals surface area contributed by atoms with Gasteiger partial charge in [-0.15, -0.1) is 0 Å². The van der Waals surface area contributed by atoms with Crippen molar-refractivity contribution in [3.05, 3.63) is 36.3 Å². The van der Waals surface area contributed by atoms with E-state index < -0.39 is 10.0 Å². The molecule has 0 saturated carbocycles. The smallest absolute Gasteiger partial charge is 0.243 e. The van der Waals surface area contributed by atoms with Gasteiger partial charge in [-0.25, -0.2) is 28.1 Å². The molecule has 0 aromatic carbocycles. The second-order valence-corrected chi connectivity index (χ2v) is 5.58. The van der Waals surface area contributed by atoms with Crippen LogP contribution in [0.15, 0.2) is 35.6 Å². The molecule has 0 aliphatic heterocycles. The fourth-order valence-electron chi connectivity index (χ4n) is 1.36. The number of sulfonamides is 1. The van der Waals surface area contributed by atoms with Gasteiger partial charge in [0.1, 0.15) is 4.90 Å². The second kappa shape index (κ2) is 5.80. The molecule has 2 aromatic rings. The summed E-state index contributed by atoms with van der Waals surface area (Å²) in [6.45, 7) is 0.101. The van der Waals surface area contributed by atoms with Crippen LogP contribution < -0.4 is 15.2 Å². The molecule has 0 amide bonds. The van der Waals surface area contributed by atoms with E-state index in [9.17, 15) is 8.42 Å². The Bertz CT molecular complexity index is 670. The summed E-state index contributed by atoms with van der Waals surface area (Å²) in [6.07, 6.45) is 3.83. The molecule has 2 rings (SSSR count). The quantitative estimate of drug-likeness (QED) is 0.792. The fourth-order valence-corrected chi connectivity index (χ4v) is 2.27. The standard InChI is InChI=1S/C11H13N5O3S/c1-19-10-3-2-8(4-13-10)5-16-20(17,18)9-6-14-11(12)15-7-9/h2-4,6-7,16H,5H2,1H3,(H2,12,14,15). The Morgan fingerprint density at radius 3 is 2.45 bits per heavy atom. The summed E-state index contributed by atoms with van der Waals surface area (Å²) >= 11 is 0. The summed E-state index contributed by atoms with van der Waals surface area (Å²) in [4.78, 5) is 11.2. The lowest BCUT2D eigenvalue weighted by Gasteiger charge is -2.06. The lowest BCUT2D eigenvalue weighted by molar-refractivity contribution is 0.397. The van der Waals surface area contributed by atoms with Crippen LogP contribution in [0, 0.1) is 0 Å². The van der Waals surface area contributed by atoms with Crippen LogP contribution in [0.3, 0.4) is 0 Å². The van der Waals surface area contributed by atoms with Gasteiger partial charge >= 0.3 is 0 Å². The lowest BCUT2D eigenvalue weighted by Crippen LogP contribution is -2.23. The minimum absolute atomic E-state index is 0.0169. The van der Waals surface area contributed by atoms with Crippen molar-refractivity contribution in [2.45, 2.75) is 11.4 Å². The zero-order valence-electron chi connectivity index (χ0n) is 10.6. The molecule has 0 saturated heterocycles. The van der Waals surface area contributed by atoms with Gasteiger partial charge in [-0.3, -0.25) is 0 Å². The summed E-state index contributed by atoms with van der Waals surface area (Å²) in [6, 6.07) is 3.36. The summed E-state index contributed by atoms with van der Waals surface area (Å²) in [7, 11) is -2.17. The lowest BCUT2D eigenvalue weighted by atomic mass is 10.3. The van der Waals surface area contributed by atoms with Crippen molar-refractivity contribution < 1.29 is 13.2 Å². The normalized spacial score (nSPS) is 11.2. The topological polar surface area (TPSA) is 120 Å². The van der Waals surface area contributed by atoms with Crippen molar-refractivity contribution in [3.63, 3.8) is 0 Å². The van der Waals surface area contributed by atoms with Crippen LogP contribution in [-0.2, 0) is 16.6 Å². The van der Waals surface area contributed by atoms with Crippen molar-refractivity contribution in [1.82, 2.24) is 19.7 Å². The maximum atomic E-state index is 12.0. The first-order valence-corrected chi connectivity index (χ1v) is 7.06. The third-order valence-corrected chi connectivity index (χ3v) is 3.79. The van der Waals surface area contributed by atoms with Crippen LogP contribution in [-0.4, -0.2) is 30.5 Å². The first-order chi connectivity index (χ1) is 9.51. The third-order valence-electron chi connectivity index (χ3n) is 2.43. The molecule has 2 heterocycles. The number of anilines is 1. The number of nitrogens with one attached hydrogen (secondary N) is 1. The number of pyridine rings is 1. The number of hydrogen-bond donors (Lipinski definition) is 2. The minimum Gasteiger partial charge on any atom is -0.481 e. The van der Waals surface area contributed by atoms with Crippen LogP contribution in [0.25, 0.3) is 0 Å². The zero-order valence-corrected chi connectivity index (χ0v) is 11.5. The Labute approximate surface area is 116 Å². The monoisotopic (exact) mass is 295 g/mol. The van der Waals surface area contributed by atoms with Crippen molar-refractivity contribution in [3.8, 4) is 5.88 Å². The molecule has 0 aliphatic carbocycles. The third kappa shape index (κ3) is 3.39. The van der Waals surface area contributed by atoms with E-state index in [2.05, 4.69) is 19.7 Å². The van der Waals surface area contributed by atoms with Gasteiger partial charge < -0.3 is 10.5 Å². The molecule has 8 nitrogen and oxygen atoms in total. The Hall–Kier alpha value is -2.26. The van der Waals surface area contributed by atoms with Gasteiger partial charge in [-0.1, -0.05) is 6.07 Å². The van der Waals surface area contributed by atoms with Gasteiger partial charge in [0.2, 0.25) is 21.9 Å². The Morgan fingerprint density at radius 1 is 1.20 bits per heavy atom.